The maximum absolute atomic E-state index is 15.2. The van der Waals surface area contributed by atoms with Gasteiger partial charge in [-0.1, -0.05) is 37.9 Å². The molecule has 0 unspecified atom stereocenters. The van der Waals surface area contributed by atoms with Crippen molar-refractivity contribution in [2.45, 2.75) is 55.9 Å². The number of unbranched alkanes of at least 4 members (excludes halogenated alkanes) is 1. The van der Waals surface area contributed by atoms with Crippen LogP contribution in [0.5, 0.6) is 0 Å². The lowest BCUT2D eigenvalue weighted by atomic mass is 9.99. The standard InChI is InChI=1S/C25H28ClFN2O3S/c1-3-4-10-29-16-24(33(31,32)19-9-5-8-18(26)12-19)25(30)20-13-21(27)23(14-22(20)29)28-11-6-7-17(2)15-28/h5,8-9,12-14,16-17H,3-4,6-7,10-11,15H2,1-2H3/t17-/m0/s1. The van der Waals surface area contributed by atoms with E-state index in [1.54, 1.807) is 16.7 Å². The third-order valence-corrected chi connectivity index (χ3v) is 8.24. The van der Waals surface area contributed by atoms with E-state index >= 15 is 4.39 Å². The third kappa shape index (κ3) is 4.66. The Morgan fingerprint density at radius 2 is 2.00 bits per heavy atom. The van der Waals surface area contributed by atoms with Crippen molar-refractivity contribution < 1.29 is 12.8 Å². The number of hydrogen-bond acceptors (Lipinski definition) is 4. The highest BCUT2D eigenvalue weighted by Crippen LogP contribution is 2.30. The quantitative estimate of drug-likeness (QED) is 0.447. The van der Waals surface area contributed by atoms with Gasteiger partial charge in [0.15, 0.2) is 0 Å². The summed E-state index contributed by atoms with van der Waals surface area (Å²) in [5, 5.41) is 0.329. The number of pyridine rings is 1. The van der Waals surface area contributed by atoms with Gasteiger partial charge < -0.3 is 9.47 Å². The molecule has 4 rings (SSSR count). The Labute approximate surface area is 198 Å². The van der Waals surface area contributed by atoms with Gasteiger partial charge in [-0.15, -0.1) is 0 Å². The molecule has 1 aliphatic rings. The minimum Gasteiger partial charge on any atom is -0.369 e. The van der Waals surface area contributed by atoms with Crippen LogP contribution in [0.1, 0.15) is 39.5 Å². The molecule has 1 aromatic heterocycles. The SMILES string of the molecule is CCCCn1cc(S(=O)(=O)c2cccc(Cl)c2)c(=O)c2cc(F)c(N3CCC[C@H](C)C3)cc21. The second kappa shape index (κ2) is 9.47. The van der Waals surface area contributed by atoms with Crippen molar-refractivity contribution in [1.82, 2.24) is 4.57 Å². The monoisotopic (exact) mass is 490 g/mol. The summed E-state index contributed by atoms with van der Waals surface area (Å²) in [5.74, 6) is -0.0469. The number of aryl methyl sites for hydroxylation is 1. The van der Waals surface area contributed by atoms with Crippen LogP contribution in [0, 0.1) is 11.7 Å². The van der Waals surface area contributed by atoms with Crippen molar-refractivity contribution in [3.63, 3.8) is 0 Å². The van der Waals surface area contributed by atoms with Crippen molar-refractivity contribution in [3.8, 4) is 0 Å². The van der Waals surface area contributed by atoms with Gasteiger partial charge in [0.2, 0.25) is 15.3 Å². The van der Waals surface area contributed by atoms with Crippen LogP contribution in [-0.2, 0) is 16.4 Å². The van der Waals surface area contributed by atoms with Crippen molar-refractivity contribution in [3.05, 3.63) is 63.7 Å². The van der Waals surface area contributed by atoms with Crippen LogP contribution in [0.4, 0.5) is 10.1 Å². The molecule has 3 aromatic rings. The van der Waals surface area contributed by atoms with E-state index in [2.05, 4.69) is 6.92 Å². The van der Waals surface area contributed by atoms with E-state index in [-0.39, 0.29) is 20.2 Å². The molecule has 1 aliphatic heterocycles. The summed E-state index contributed by atoms with van der Waals surface area (Å²) in [6.07, 6.45) is 5.18. The maximum atomic E-state index is 15.2. The lowest BCUT2D eigenvalue weighted by Crippen LogP contribution is -2.35. The number of anilines is 1. The summed E-state index contributed by atoms with van der Waals surface area (Å²) in [6, 6.07) is 8.72. The highest BCUT2D eigenvalue weighted by Gasteiger charge is 2.26. The number of hydrogen-bond donors (Lipinski definition) is 0. The largest absolute Gasteiger partial charge is 0.369 e. The van der Waals surface area contributed by atoms with Gasteiger partial charge in [-0.3, -0.25) is 4.79 Å². The normalized spacial score (nSPS) is 17.0. The summed E-state index contributed by atoms with van der Waals surface area (Å²) < 4.78 is 43.7. The number of nitrogens with zero attached hydrogens (tertiary/aromatic N) is 2. The smallest absolute Gasteiger partial charge is 0.211 e. The van der Waals surface area contributed by atoms with Gasteiger partial charge in [0.1, 0.15) is 10.7 Å². The van der Waals surface area contributed by atoms with Crippen LogP contribution >= 0.6 is 11.6 Å². The Bertz CT molecular complexity index is 1350. The first kappa shape index (κ1) is 23.8. The second-order valence-corrected chi connectivity index (χ2v) is 11.2. The maximum Gasteiger partial charge on any atom is 0.211 e. The topological polar surface area (TPSA) is 59.4 Å². The minimum absolute atomic E-state index is 0.0621. The van der Waals surface area contributed by atoms with Crippen molar-refractivity contribution in [2.24, 2.45) is 5.92 Å². The first-order valence-corrected chi connectivity index (χ1v) is 13.2. The van der Waals surface area contributed by atoms with Gasteiger partial charge in [-0.25, -0.2) is 12.8 Å². The van der Waals surface area contributed by atoms with Gasteiger partial charge in [0.05, 0.1) is 21.5 Å². The summed E-state index contributed by atoms with van der Waals surface area (Å²) in [6.45, 7) is 6.21. The second-order valence-electron chi connectivity index (χ2n) is 8.84. The van der Waals surface area contributed by atoms with Gasteiger partial charge in [-0.2, -0.15) is 0 Å². The van der Waals surface area contributed by atoms with E-state index in [4.69, 9.17) is 11.6 Å². The zero-order chi connectivity index (χ0) is 23.8. The highest BCUT2D eigenvalue weighted by molar-refractivity contribution is 7.91. The van der Waals surface area contributed by atoms with Gasteiger partial charge in [-0.05, 0) is 55.5 Å². The lowest BCUT2D eigenvalue weighted by molar-refractivity contribution is 0.442. The molecule has 0 bridgehead atoms. The fourth-order valence-electron chi connectivity index (χ4n) is 4.49. The van der Waals surface area contributed by atoms with Crippen LogP contribution in [0.2, 0.25) is 5.02 Å². The summed E-state index contributed by atoms with van der Waals surface area (Å²) in [7, 11) is -4.13. The van der Waals surface area contributed by atoms with Crippen LogP contribution in [0.25, 0.3) is 10.9 Å². The Balaban J connectivity index is 1.93. The minimum atomic E-state index is -4.13. The molecule has 0 radical (unpaired) electrons. The van der Waals surface area contributed by atoms with Gasteiger partial charge in [0, 0.05) is 30.9 Å². The number of aromatic nitrogens is 1. The lowest BCUT2D eigenvalue weighted by Gasteiger charge is -2.33. The van der Waals surface area contributed by atoms with Crippen molar-refractivity contribution in [2.75, 3.05) is 18.0 Å². The zero-order valence-corrected chi connectivity index (χ0v) is 20.4. The molecular formula is C25H28ClFN2O3S. The molecule has 8 heteroatoms. The van der Waals surface area contributed by atoms with Gasteiger partial charge in [0.25, 0.3) is 0 Å². The molecule has 2 heterocycles. The van der Waals surface area contributed by atoms with Crippen LogP contribution in [0.15, 0.2) is 57.2 Å². The molecule has 1 fully saturated rings. The number of rotatable bonds is 6. The predicted octanol–water partition coefficient (Wildman–Crippen LogP) is 5.66. The number of piperidine rings is 1. The molecule has 33 heavy (non-hydrogen) atoms. The molecule has 0 N–H and O–H groups in total. The number of benzene rings is 2. The van der Waals surface area contributed by atoms with E-state index in [0.717, 1.165) is 38.8 Å². The van der Waals surface area contributed by atoms with E-state index in [0.29, 0.717) is 23.7 Å². The number of fused-ring (bicyclic) bond motifs is 1. The predicted molar refractivity (Wildman–Crippen MR) is 131 cm³/mol. The zero-order valence-electron chi connectivity index (χ0n) is 18.9. The van der Waals surface area contributed by atoms with Crippen molar-refractivity contribution >= 4 is 38.0 Å². The number of halogens is 2. The molecule has 5 nitrogen and oxygen atoms in total. The fraction of sp³-hybridized carbons (Fsp3) is 0.400. The Kier molecular flexibility index (Phi) is 6.82. The number of sulfone groups is 1. The highest BCUT2D eigenvalue weighted by atomic mass is 35.5. The van der Waals surface area contributed by atoms with E-state index in [1.165, 1.54) is 30.5 Å². The Hall–Kier alpha value is -2.38. The molecule has 1 saturated heterocycles. The Morgan fingerprint density at radius 3 is 2.70 bits per heavy atom. The molecule has 0 amide bonds. The van der Waals surface area contributed by atoms with E-state index < -0.39 is 21.1 Å². The molecular weight excluding hydrogens is 463 g/mol. The van der Waals surface area contributed by atoms with Crippen LogP contribution in [-0.4, -0.2) is 26.1 Å². The first-order valence-electron chi connectivity index (χ1n) is 11.3. The Morgan fingerprint density at radius 1 is 1.21 bits per heavy atom. The van der Waals surface area contributed by atoms with Gasteiger partial charge >= 0.3 is 0 Å². The molecule has 0 spiro atoms. The first-order chi connectivity index (χ1) is 15.7. The average Bonchev–Trinajstić information content (AvgIpc) is 2.78. The van der Waals surface area contributed by atoms with E-state index in [1.807, 2.05) is 11.8 Å². The summed E-state index contributed by atoms with van der Waals surface area (Å²) in [4.78, 5) is 14.9. The summed E-state index contributed by atoms with van der Waals surface area (Å²) >= 11 is 5.99. The fourth-order valence-corrected chi connectivity index (χ4v) is 6.16. The van der Waals surface area contributed by atoms with E-state index in [9.17, 15) is 13.2 Å². The van der Waals surface area contributed by atoms with Crippen LogP contribution < -0.4 is 10.3 Å². The molecule has 0 saturated carbocycles. The molecule has 2 aromatic carbocycles. The third-order valence-electron chi connectivity index (χ3n) is 6.26. The average molecular weight is 491 g/mol. The molecule has 176 valence electrons. The molecule has 1 atom stereocenters. The van der Waals surface area contributed by atoms with Crippen LogP contribution in [0.3, 0.4) is 0 Å². The van der Waals surface area contributed by atoms with Crippen molar-refractivity contribution in [1.29, 1.82) is 0 Å². The summed E-state index contributed by atoms with van der Waals surface area (Å²) in [5.41, 5.74) is 0.312. The molecule has 0 aliphatic carbocycles.